The summed E-state index contributed by atoms with van der Waals surface area (Å²) in [5, 5.41) is 0.626. The predicted octanol–water partition coefficient (Wildman–Crippen LogP) is 5.11. The number of ether oxygens (including phenoxy) is 1. The van der Waals surface area contributed by atoms with Gasteiger partial charge in [-0.3, -0.25) is 4.98 Å². The standard InChI is InChI=1S/C18H13F4NO/c19-16-6-2-5-15-13(7-8-23-17(15)16)11-24-10-12-3-1-4-14(9-12)18(20,21)22/h1-9H,10-11H2. The van der Waals surface area contributed by atoms with Gasteiger partial charge in [-0.05, 0) is 35.4 Å². The Kier molecular flexibility index (Phi) is 4.49. The summed E-state index contributed by atoms with van der Waals surface area (Å²) in [5.41, 5.74) is 0.693. The molecule has 6 heteroatoms. The minimum absolute atomic E-state index is 0.0308. The van der Waals surface area contributed by atoms with Crippen molar-refractivity contribution in [1.29, 1.82) is 0 Å². The van der Waals surface area contributed by atoms with E-state index in [1.54, 1.807) is 24.3 Å². The summed E-state index contributed by atoms with van der Waals surface area (Å²) in [6, 6.07) is 11.3. The van der Waals surface area contributed by atoms with Crippen molar-refractivity contribution in [3.05, 3.63) is 77.2 Å². The Morgan fingerprint density at radius 1 is 0.958 bits per heavy atom. The lowest BCUT2D eigenvalue weighted by atomic mass is 10.1. The van der Waals surface area contributed by atoms with E-state index in [1.807, 2.05) is 0 Å². The largest absolute Gasteiger partial charge is 0.416 e. The van der Waals surface area contributed by atoms with Crippen LogP contribution in [0.1, 0.15) is 16.7 Å². The van der Waals surface area contributed by atoms with Gasteiger partial charge in [0.25, 0.3) is 0 Å². The zero-order chi connectivity index (χ0) is 17.2. The number of rotatable bonds is 4. The molecule has 0 fully saturated rings. The molecule has 0 radical (unpaired) electrons. The molecule has 124 valence electrons. The Morgan fingerprint density at radius 2 is 1.75 bits per heavy atom. The van der Waals surface area contributed by atoms with Gasteiger partial charge in [0.1, 0.15) is 11.3 Å². The van der Waals surface area contributed by atoms with Crippen LogP contribution in [0.3, 0.4) is 0 Å². The molecule has 0 aliphatic carbocycles. The maximum Gasteiger partial charge on any atom is 0.416 e. The van der Waals surface area contributed by atoms with Crippen LogP contribution in [0.25, 0.3) is 10.9 Å². The second-order valence-electron chi connectivity index (χ2n) is 5.30. The minimum Gasteiger partial charge on any atom is -0.372 e. The zero-order valence-corrected chi connectivity index (χ0v) is 12.5. The van der Waals surface area contributed by atoms with E-state index in [4.69, 9.17) is 4.74 Å². The predicted molar refractivity (Wildman–Crippen MR) is 81.6 cm³/mol. The summed E-state index contributed by atoms with van der Waals surface area (Å²) in [6.45, 7) is 0.182. The van der Waals surface area contributed by atoms with Crippen molar-refractivity contribution in [2.24, 2.45) is 0 Å². The van der Waals surface area contributed by atoms with Gasteiger partial charge in [0.15, 0.2) is 0 Å². The molecule has 3 aromatic rings. The normalized spacial score (nSPS) is 11.8. The number of fused-ring (bicyclic) bond motifs is 1. The third-order valence-electron chi connectivity index (χ3n) is 3.59. The van der Waals surface area contributed by atoms with Crippen LogP contribution >= 0.6 is 0 Å². The number of hydrogen-bond acceptors (Lipinski definition) is 2. The van der Waals surface area contributed by atoms with Crippen LogP contribution in [0.4, 0.5) is 17.6 Å². The van der Waals surface area contributed by atoms with Gasteiger partial charge in [-0.25, -0.2) is 4.39 Å². The first-order valence-electron chi connectivity index (χ1n) is 7.21. The first-order chi connectivity index (χ1) is 11.4. The average Bonchev–Trinajstić information content (AvgIpc) is 2.55. The van der Waals surface area contributed by atoms with Gasteiger partial charge in [0.2, 0.25) is 0 Å². The average molecular weight is 335 g/mol. The summed E-state index contributed by atoms with van der Waals surface area (Å²) >= 11 is 0. The van der Waals surface area contributed by atoms with Crippen molar-refractivity contribution in [3.8, 4) is 0 Å². The van der Waals surface area contributed by atoms with Gasteiger partial charge in [-0.1, -0.05) is 24.3 Å². The van der Waals surface area contributed by atoms with Gasteiger partial charge >= 0.3 is 6.18 Å². The maximum atomic E-state index is 13.7. The number of aromatic nitrogens is 1. The van der Waals surface area contributed by atoms with Crippen LogP contribution in [0.15, 0.2) is 54.7 Å². The Balaban J connectivity index is 1.73. The Hall–Kier alpha value is -2.47. The van der Waals surface area contributed by atoms with E-state index >= 15 is 0 Å². The van der Waals surface area contributed by atoms with E-state index < -0.39 is 17.6 Å². The fourth-order valence-electron chi connectivity index (χ4n) is 2.44. The monoisotopic (exact) mass is 335 g/mol. The van der Waals surface area contributed by atoms with Gasteiger partial charge < -0.3 is 4.74 Å². The molecule has 2 nitrogen and oxygen atoms in total. The molecule has 24 heavy (non-hydrogen) atoms. The Bertz CT molecular complexity index is 861. The number of para-hydroxylation sites is 1. The van der Waals surface area contributed by atoms with Crippen LogP contribution < -0.4 is 0 Å². The topological polar surface area (TPSA) is 22.1 Å². The van der Waals surface area contributed by atoms with Crippen molar-refractivity contribution in [1.82, 2.24) is 4.98 Å². The van der Waals surface area contributed by atoms with Gasteiger partial charge in [-0.15, -0.1) is 0 Å². The highest BCUT2D eigenvalue weighted by Crippen LogP contribution is 2.29. The summed E-state index contributed by atoms with van der Waals surface area (Å²) in [6.07, 6.45) is -2.90. The number of alkyl halides is 3. The van der Waals surface area contributed by atoms with Crippen LogP contribution in [0.5, 0.6) is 0 Å². The molecule has 3 rings (SSSR count). The maximum absolute atomic E-state index is 13.7. The molecular weight excluding hydrogens is 322 g/mol. The summed E-state index contributed by atoms with van der Waals surface area (Å²) < 4.78 is 57.3. The second-order valence-corrected chi connectivity index (χ2v) is 5.30. The van der Waals surface area contributed by atoms with Gasteiger partial charge in [-0.2, -0.15) is 13.2 Å². The first-order valence-corrected chi connectivity index (χ1v) is 7.21. The lowest BCUT2D eigenvalue weighted by Crippen LogP contribution is -2.05. The molecule has 1 heterocycles. The van der Waals surface area contributed by atoms with E-state index in [9.17, 15) is 17.6 Å². The number of pyridine rings is 1. The summed E-state index contributed by atoms with van der Waals surface area (Å²) in [7, 11) is 0. The van der Waals surface area contributed by atoms with E-state index in [0.717, 1.165) is 17.7 Å². The van der Waals surface area contributed by atoms with E-state index in [0.29, 0.717) is 10.9 Å². The van der Waals surface area contributed by atoms with Crippen molar-refractivity contribution in [2.75, 3.05) is 0 Å². The highest BCUT2D eigenvalue weighted by atomic mass is 19.4. The number of benzene rings is 2. The molecule has 2 aromatic carbocycles. The van der Waals surface area contributed by atoms with Gasteiger partial charge in [0, 0.05) is 11.6 Å². The molecule has 0 aliphatic heterocycles. The Labute approximate surface area is 135 Å². The quantitative estimate of drug-likeness (QED) is 0.618. The van der Waals surface area contributed by atoms with Crippen LogP contribution in [0.2, 0.25) is 0 Å². The molecule has 0 amide bonds. The molecule has 1 aromatic heterocycles. The van der Waals surface area contributed by atoms with E-state index in [1.165, 1.54) is 18.3 Å². The molecule has 0 unspecified atom stereocenters. The highest BCUT2D eigenvalue weighted by Gasteiger charge is 2.30. The Morgan fingerprint density at radius 3 is 2.54 bits per heavy atom. The van der Waals surface area contributed by atoms with Crippen molar-refractivity contribution < 1.29 is 22.3 Å². The molecule has 0 bridgehead atoms. The van der Waals surface area contributed by atoms with Crippen molar-refractivity contribution in [2.45, 2.75) is 19.4 Å². The van der Waals surface area contributed by atoms with E-state index in [-0.39, 0.29) is 18.7 Å². The smallest absolute Gasteiger partial charge is 0.372 e. The SMILES string of the molecule is Fc1cccc2c(COCc3cccc(C(F)(F)F)c3)ccnc12. The molecular formula is C18H13F4NO. The number of nitrogens with zero attached hydrogens (tertiary/aromatic N) is 1. The zero-order valence-electron chi connectivity index (χ0n) is 12.5. The molecule has 0 spiro atoms. The third kappa shape index (κ3) is 3.54. The van der Waals surface area contributed by atoms with Crippen molar-refractivity contribution >= 4 is 10.9 Å². The van der Waals surface area contributed by atoms with Gasteiger partial charge in [0.05, 0.1) is 18.8 Å². The molecule has 0 atom stereocenters. The lowest BCUT2D eigenvalue weighted by molar-refractivity contribution is -0.137. The van der Waals surface area contributed by atoms with Crippen molar-refractivity contribution in [3.63, 3.8) is 0 Å². The van der Waals surface area contributed by atoms with E-state index in [2.05, 4.69) is 4.98 Å². The number of hydrogen-bond donors (Lipinski definition) is 0. The highest BCUT2D eigenvalue weighted by molar-refractivity contribution is 5.82. The molecule has 0 aliphatic rings. The fraction of sp³-hybridized carbons (Fsp3) is 0.167. The summed E-state index contributed by atoms with van der Waals surface area (Å²) in [4.78, 5) is 3.99. The minimum atomic E-state index is -4.38. The second kappa shape index (κ2) is 6.57. The lowest BCUT2D eigenvalue weighted by Gasteiger charge is -2.10. The molecule has 0 saturated heterocycles. The van der Waals surface area contributed by atoms with Crippen LogP contribution in [0, 0.1) is 5.82 Å². The van der Waals surface area contributed by atoms with Crippen LogP contribution in [-0.2, 0) is 24.1 Å². The summed E-state index contributed by atoms with van der Waals surface area (Å²) in [5.74, 6) is -0.424. The molecule has 0 N–H and O–H groups in total. The molecule has 0 saturated carbocycles. The number of halogens is 4. The third-order valence-corrected chi connectivity index (χ3v) is 3.59. The fourth-order valence-corrected chi connectivity index (χ4v) is 2.44. The first kappa shape index (κ1) is 16.4. The van der Waals surface area contributed by atoms with Crippen LogP contribution in [-0.4, -0.2) is 4.98 Å².